The topological polar surface area (TPSA) is 44.7 Å². The summed E-state index contributed by atoms with van der Waals surface area (Å²) in [6.45, 7) is 2.31. The molecule has 0 bridgehead atoms. The summed E-state index contributed by atoms with van der Waals surface area (Å²) in [6.07, 6.45) is 11.4. The van der Waals surface area contributed by atoms with E-state index in [0.717, 1.165) is 18.7 Å². The van der Waals surface area contributed by atoms with E-state index < -0.39 is 0 Å². The van der Waals surface area contributed by atoms with E-state index in [1.54, 1.807) is 30.5 Å². The number of hydrogen-bond donors (Lipinski definition) is 1. The fourth-order valence-corrected chi connectivity index (χ4v) is 4.86. The number of hydrazone groups is 1. The zero-order valence-electron chi connectivity index (χ0n) is 16.7. The van der Waals surface area contributed by atoms with E-state index in [2.05, 4.69) is 39.7 Å². The van der Waals surface area contributed by atoms with Crippen molar-refractivity contribution >= 4 is 29.4 Å². The number of carbonyl (C=O) groups is 1. The summed E-state index contributed by atoms with van der Waals surface area (Å²) in [4.78, 5) is 14.6. The lowest BCUT2D eigenvalue weighted by Crippen LogP contribution is -2.41. The van der Waals surface area contributed by atoms with Gasteiger partial charge in [0.1, 0.15) is 0 Å². The first-order valence-electron chi connectivity index (χ1n) is 10.6. The number of rotatable bonds is 4. The maximum absolute atomic E-state index is 12.1. The molecule has 2 aliphatic rings. The molecule has 0 atom stereocenters. The van der Waals surface area contributed by atoms with Crippen molar-refractivity contribution in [3.8, 4) is 0 Å². The van der Waals surface area contributed by atoms with Crippen LogP contribution in [0.1, 0.15) is 60.9 Å². The van der Waals surface area contributed by atoms with Crippen LogP contribution >= 0.6 is 11.6 Å². The number of halogens is 1. The van der Waals surface area contributed by atoms with Crippen molar-refractivity contribution in [3.63, 3.8) is 0 Å². The molecule has 1 saturated carbocycles. The number of anilines is 1. The fraction of sp³-hybridized carbons (Fsp3) is 0.417. The summed E-state index contributed by atoms with van der Waals surface area (Å²) < 4.78 is 0. The predicted octanol–water partition coefficient (Wildman–Crippen LogP) is 5.65. The Labute approximate surface area is 177 Å². The monoisotopic (exact) mass is 409 g/mol. The van der Waals surface area contributed by atoms with Gasteiger partial charge in [-0.3, -0.25) is 4.79 Å². The number of nitrogens with zero attached hydrogens (tertiary/aromatic N) is 2. The van der Waals surface area contributed by atoms with Gasteiger partial charge in [-0.1, -0.05) is 49.1 Å². The van der Waals surface area contributed by atoms with Crippen molar-refractivity contribution in [3.05, 3.63) is 64.7 Å². The zero-order chi connectivity index (χ0) is 20.1. The van der Waals surface area contributed by atoms with Crippen LogP contribution in [0.4, 0.5) is 5.69 Å². The minimum Gasteiger partial charge on any atom is -0.371 e. The third-order valence-corrected chi connectivity index (χ3v) is 6.70. The van der Waals surface area contributed by atoms with Crippen LogP contribution < -0.4 is 10.3 Å². The van der Waals surface area contributed by atoms with E-state index in [-0.39, 0.29) is 5.91 Å². The van der Waals surface area contributed by atoms with Crippen LogP contribution in [0, 0.1) is 5.41 Å². The van der Waals surface area contributed by atoms with E-state index in [1.807, 2.05) is 0 Å². The van der Waals surface area contributed by atoms with Gasteiger partial charge in [0.15, 0.2) is 0 Å². The molecule has 5 heteroatoms. The van der Waals surface area contributed by atoms with Gasteiger partial charge in [-0.15, -0.1) is 0 Å². The second-order valence-corrected chi connectivity index (χ2v) is 8.79. The van der Waals surface area contributed by atoms with Crippen LogP contribution in [-0.2, 0) is 0 Å². The van der Waals surface area contributed by atoms with Crippen molar-refractivity contribution in [2.24, 2.45) is 10.5 Å². The molecule has 0 radical (unpaired) electrons. The fourth-order valence-electron chi connectivity index (χ4n) is 4.67. The number of piperidine rings is 1. The normalized spacial score (nSPS) is 18.9. The smallest absolute Gasteiger partial charge is 0.271 e. The van der Waals surface area contributed by atoms with E-state index in [0.29, 0.717) is 16.0 Å². The average Bonchev–Trinajstić information content (AvgIpc) is 2.75. The van der Waals surface area contributed by atoms with Crippen molar-refractivity contribution in [2.75, 3.05) is 18.0 Å². The summed E-state index contributed by atoms with van der Waals surface area (Å²) >= 11 is 5.92. The molecule has 2 aromatic rings. The summed E-state index contributed by atoms with van der Waals surface area (Å²) in [5.74, 6) is -0.273. The molecule has 1 amide bonds. The maximum atomic E-state index is 12.1. The number of nitrogens with one attached hydrogen (secondary N) is 1. The maximum Gasteiger partial charge on any atom is 0.271 e. The quantitative estimate of drug-likeness (QED) is 0.523. The summed E-state index contributed by atoms with van der Waals surface area (Å²) in [6, 6.07) is 15.2. The minimum absolute atomic E-state index is 0.273. The lowest BCUT2D eigenvalue weighted by atomic mass is 9.68. The first-order valence-corrected chi connectivity index (χ1v) is 11.0. The van der Waals surface area contributed by atoms with Crippen LogP contribution in [-0.4, -0.2) is 25.2 Å². The first-order chi connectivity index (χ1) is 14.1. The van der Waals surface area contributed by atoms with Gasteiger partial charge in [-0.05, 0) is 67.0 Å². The Morgan fingerprint density at radius 2 is 1.72 bits per heavy atom. The van der Waals surface area contributed by atoms with Crippen molar-refractivity contribution in [2.45, 2.75) is 44.9 Å². The Balaban J connectivity index is 1.30. The van der Waals surface area contributed by atoms with E-state index >= 15 is 0 Å². The molecule has 0 unspecified atom stereocenters. The number of amides is 1. The molecule has 4 nitrogen and oxygen atoms in total. The standard InChI is InChI=1S/C24H28ClN3O/c25-21-6-4-5-20(17-21)23(29)27-26-18-19-7-9-22(10-8-19)28-15-13-24(14-16-28)11-2-1-3-12-24/h4-10,17-18H,1-3,11-16H2,(H,27,29). The number of carbonyl (C=O) groups excluding carboxylic acids is 1. The minimum atomic E-state index is -0.273. The van der Waals surface area contributed by atoms with Gasteiger partial charge in [-0.2, -0.15) is 5.10 Å². The van der Waals surface area contributed by atoms with Gasteiger partial charge in [0.2, 0.25) is 0 Å². The molecule has 1 aliphatic heterocycles. The Morgan fingerprint density at radius 3 is 2.41 bits per heavy atom. The van der Waals surface area contributed by atoms with Gasteiger partial charge in [0.05, 0.1) is 6.21 Å². The molecule has 4 rings (SSSR count). The largest absolute Gasteiger partial charge is 0.371 e. The molecular formula is C24H28ClN3O. The zero-order valence-corrected chi connectivity index (χ0v) is 17.5. The van der Waals surface area contributed by atoms with Crippen LogP contribution in [0.3, 0.4) is 0 Å². The highest BCUT2D eigenvalue weighted by Gasteiger charge is 2.35. The average molecular weight is 410 g/mol. The highest BCUT2D eigenvalue weighted by atomic mass is 35.5. The van der Waals surface area contributed by atoms with Crippen LogP contribution in [0.2, 0.25) is 5.02 Å². The SMILES string of the molecule is O=C(NN=Cc1ccc(N2CCC3(CCCCC3)CC2)cc1)c1cccc(Cl)c1. The Kier molecular flexibility index (Phi) is 6.19. The van der Waals surface area contributed by atoms with E-state index in [1.165, 1.54) is 50.6 Å². The summed E-state index contributed by atoms with van der Waals surface area (Å²) in [5, 5.41) is 4.60. The second kappa shape index (κ2) is 9.00. The molecule has 152 valence electrons. The number of benzene rings is 2. The molecule has 2 aromatic carbocycles. The molecular weight excluding hydrogens is 382 g/mol. The number of hydrogen-bond acceptors (Lipinski definition) is 3. The molecule has 2 fully saturated rings. The molecule has 1 spiro atoms. The van der Waals surface area contributed by atoms with Crippen molar-refractivity contribution in [1.82, 2.24) is 5.43 Å². The molecule has 1 N–H and O–H groups in total. The van der Waals surface area contributed by atoms with Gasteiger partial charge >= 0.3 is 0 Å². The molecule has 0 aromatic heterocycles. The predicted molar refractivity (Wildman–Crippen MR) is 120 cm³/mol. The summed E-state index contributed by atoms with van der Waals surface area (Å²) in [5.41, 5.74) is 5.90. The highest BCUT2D eigenvalue weighted by Crippen LogP contribution is 2.45. The van der Waals surface area contributed by atoms with E-state index in [9.17, 15) is 4.79 Å². The third kappa shape index (κ3) is 4.99. The second-order valence-electron chi connectivity index (χ2n) is 8.35. The first kappa shape index (κ1) is 20.0. The molecule has 1 heterocycles. The molecule has 1 saturated heterocycles. The summed E-state index contributed by atoms with van der Waals surface area (Å²) in [7, 11) is 0. The Bertz CT molecular complexity index is 862. The lowest BCUT2D eigenvalue weighted by molar-refractivity contribution is 0.0955. The van der Waals surface area contributed by atoms with Crippen molar-refractivity contribution in [1.29, 1.82) is 0 Å². The van der Waals surface area contributed by atoms with Gasteiger partial charge in [-0.25, -0.2) is 5.43 Å². The Hall–Kier alpha value is -2.33. The lowest BCUT2D eigenvalue weighted by Gasteiger charge is -2.45. The molecule has 1 aliphatic carbocycles. The van der Waals surface area contributed by atoms with Gasteiger partial charge in [0.25, 0.3) is 5.91 Å². The van der Waals surface area contributed by atoms with Crippen LogP contribution in [0.15, 0.2) is 53.6 Å². The van der Waals surface area contributed by atoms with Gasteiger partial charge in [0, 0.05) is 29.4 Å². The van der Waals surface area contributed by atoms with Crippen LogP contribution in [0.25, 0.3) is 0 Å². The molecule has 29 heavy (non-hydrogen) atoms. The highest BCUT2D eigenvalue weighted by molar-refractivity contribution is 6.30. The Morgan fingerprint density at radius 1 is 1.00 bits per heavy atom. The van der Waals surface area contributed by atoms with Crippen molar-refractivity contribution < 1.29 is 4.79 Å². The third-order valence-electron chi connectivity index (χ3n) is 6.46. The van der Waals surface area contributed by atoms with Gasteiger partial charge < -0.3 is 4.90 Å². The van der Waals surface area contributed by atoms with Crippen LogP contribution in [0.5, 0.6) is 0 Å². The van der Waals surface area contributed by atoms with E-state index in [4.69, 9.17) is 11.6 Å².